The molecule has 0 unspecified atom stereocenters. The lowest BCUT2D eigenvalue weighted by Gasteiger charge is -2.29. The van der Waals surface area contributed by atoms with E-state index in [4.69, 9.17) is 9.47 Å². The van der Waals surface area contributed by atoms with Gasteiger partial charge in [0, 0.05) is 19.1 Å². The number of carbonyl (C=O) groups excluding carboxylic acids is 1. The van der Waals surface area contributed by atoms with Gasteiger partial charge in [-0.3, -0.25) is 0 Å². The molecule has 2 aromatic rings. The third-order valence-electron chi connectivity index (χ3n) is 6.84. The van der Waals surface area contributed by atoms with Crippen LogP contribution in [0.2, 0.25) is 0 Å². The molecular weight excluding hydrogens is 432 g/mol. The quantitative estimate of drug-likeness (QED) is 0.137. The number of hydrogen-bond acceptors (Lipinski definition) is 3. The maximum atomic E-state index is 13.5. The third kappa shape index (κ3) is 9.34. The minimum Gasteiger partial charge on any atom is -0.447 e. The van der Waals surface area contributed by atoms with Gasteiger partial charge in [-0.05, 0) is 37.0 Å². The average Bonchev–Trinajstić information content (AvgIpc) is 2.89. The van der Waals surface area contributed by atoms with Crippen LogP contribution in [-0.4, -0.2) is 19.2 Å². The zero-order valence-electron chi connectivity index (χ0n) is 22.5. The smallest absolute Gasteiger partial charge is 0.344 e. The lowest BCUT2D eigenvalue weighted by Crippen LogP contribution is -2.38. The van der Waals surface area contributed by atoms with E-state index in [0.717, 1.165) is 48.4 Å². The Balaban J connectivity index is 2.10. The fraction of sp³-hybridized carbons (Fsp3) is 0.594. The standard InChI is InChI=1S/C32H46O3/c1-5-7-9-11-13-15-17-24-28(23-16-14-12-10-8-6-2)35-31(33)32(3,34-4)30-26-20-22-27-21-18-19-25-29(27)30/h18-22,25-26,28H,5-16,23H2,1-4H3/t28-,32+/m1/s1. The topological polar surface area (TPSA) is 35.5 Å². The van der Waals surface area contributed by atoms with Crippen molar-refractivity contribution in [3.63, 3.8) is 0 Å². The first-order chi connectivity index (χ1) is 17.1. The van der Waals surface area contributed by atoms with Crippen molar-refractivity contribution in [2.45, 2.75) is 116 Å². The molecule has 0 spiro atoms. The summed E-state index contributed by atoms with van der Waals surface area (Å²) in [5, 5.41) is 2.08. The highest BCUT2D eigenvalue weighted by atomic mass is 16.6. The first-order valence-electron chi connectivity index (χ1n) is 13.8. The van der Waals surface area contributed by atoms with E-state index in [1.165, 1.54) is 51.4 Å². The molecule has 0 saturated heterocycles. The first kappa shape index (κ1) is 28.9. The summed E-state index contributed by atoms with van der Waals surface area (Å²) in [6.45, 7) is 6.27. The Hall–Kier alpha value is -2.31. The fourth-order valence-corrected chi connectivity index (χ4v) is 4.46. The van der Waals surface area contributed by atoms with Gasteiger partial charge in [0.1, 0.15) is 0 Å². The largest absolute Gasteiger partial charge is 0.447 e. The van der Waals surface area contributed by atoms with E-state index in [-0.39, 0.29) is 5.97 Å². The van der Waals surface area contributed by atoms with E-state index in [9.17, 15) is 4.79 Å². The number of hydrogen-bond donors (Lipinski definition) is 0. The summed E-state index contributed by atoms with van der Waals surface area (Å²) in [5.41, 5.74) is -0.368. The Labute approximate surface area is 214 Å². The number of rotatable bonds is 16. The van der Waals surface area contributed by atoms with Crippen LogP contribution in [0.15, 0.2) is 42.5 Å². The molecule has 0 saturated carbocycles. The zero-order valence-corrected chi connectivity index (χ0v) is 22.5. The van der Waals surface area contributed by atoms with E-state index in [2.05, 4.69) is 25.7 Å². The van der Waals surface area contributed by atoms with Gasteiger partial charge in [-0.2, -0.15) is 0 Å². The lowest BCUT2D eigenvalue weighted by molar-refractivity contribution is -0.171. The molecule has 0 radical (unpaired) electrons. The highest BCUT2D eigenvalue weighted by Crippen LogP contribution is 2.33. The number of esters is 1. The van der Waals surface area contributed by atoms with Crippen LogP contribution in [0.1, 0.15) is 110 Å². The van der Waals surface area contributed by atoms with E-state index in [0.29, 0.717) is 0 Å². The molecule has 0 aromatic heterocycles. The average molecular weight is 479 g/mol. The van der Waals surface area contributed by atoms with E-state index >= 15 is 0 Å². The van der Waals surface area contributed by atoms with Crippen molar-refractivity contribution in [2.75, 3.05) is 7.11 Å². The second-order valence-electron chi connectivity index (χ2n) is 9.70. The van der Waals surface area contributed by atoms with Gasteiger partial charge in [-0.15, -0.1) is 0 Å². The van der Waals surface area contributed by atoms with Crippen LogP contribution >= 0.6 is 0 Å². The molecule has 0 heterocycles. The summed E-state index contributed by atoms with van der Waals surface area (Å²) < 4.78 is 11.9. The van der Waals surface area contributed by atoms with Crippen molar-refractivity contribution < 1.29 is 14.3 Å². The second-order valence-corrected chi connectivity index (χ2v) is 9.70. The van der Waals surface area contributed by atoms with Gasteiger partial charge in [0.2, 0.25) is 0 Å². The van der Waals surface area contributed by atoms with Crippen molar-refractivity contribution in [2.24, 2.45) is 0 Å². The lowest BCUT2D eigenvalue weighted by atomic mass is 9.90. The number of ether oxygens (including phenoxy) is 2. The summed E-state index contributed by atoms with van der Waals surface area (Å²) in [6, 6.07) is 14.0. The molecule has 35 heavy (non-hydrogen) atoms. The zero-order chi connectivity index (χ0) is 25.4. The molecule has 0 fully saturated rings. The molecule has 0 aliphatic heterocycles. The van der Waals surface area contributed by atoms with Gasteiger partial charge in [0.05, 0.1) is 0 Å². The summed E-state index contributed by atoms with van der Waals surface area (Å²) >= 11 is 0. The second kappa shape index (κ2) is 16.4. The monoisotopic (exact) mass is 478 g/mol. The molecule has 0 N–H and O–H groups in total. The van der Waals surface area contributed by atoms with Gasteiger partial charge in [-0.25, -0.2) is 4.79 Å². The number of unbranched alkanes of at least 4 members (excludes halogenated alkanes) is 10. The van der Waals surface area contributed by atoms with Crippen LogP contribution in [0.4, 0.5) is 0 Å². The molecule has 2 rings (SSSR count). The summed E-state index contributed by atoms with van der Waals surface area (Å²) in [5.74, 6) is 6.21. The molecular formula is C32H46O3. The van der Waals surface area contributed by atoms with Gasteiger partial charge in [-0.1, -0.05) is 126 Å². The van der Waals surface area contributed by atoms with Crippen molar-refractivity contribution in [1.82, 2.24) is 0 Å². The molecule has 0 amide bonds. The minimum atomic E-state index is -1.19. The van der Waals surface area contributed by atoms with Crippen LogP contribution in [-0.2, 0) is 19.9 Å². The van der Waals surface area contributed by atoms with Crippen LogP contribution in [0.3, 0.4) is 0 Å². The molecule has 0 bridgehead atoms. The van der Waals surface area contributed by atoms with E-state index in [1.807, 2.05) is 42.5 Å². The van der Waals surface area contributed by atoms with Crippen molar-refractivity contribution in [3.05, 3.63) is 48.0 Å². The van der Waals surface area contributed by atoms with Crippen LogP contribution in [0.25, 0.3) is 10.8 Å². The molecule has 2 aromatic carbocycles. The minimum absolute atomic E-state index is 0.371. The number of benzene rings is 2. The first-order valence-corrected chi connectivity index (χ1v) is 13.8. The van der Waals surface area contributed by atoms with Crippen molar-refractivity contribution in [3.8, 4) is 11.8 Å². The highest BCUT2D eigenvalue weighted by Gasteiger charge is 2.39. The van der Waals surface area contributed by atoms with Gasteiger partial charge in [0.25, 0.3) is 0 Å². The molecule has 3 heteroatoms. The Bertz CT molecular complexity index is 933. The van der Waals surface area contributed by atoms with Gasteiger partial charge >= 0.3 is 5.97 Å². The van der Waals surface area contributed by atoms with Crippen molar-refractivity contribution >= 4 is 16.7 Å². The van der Waals surface area contributed by atoms with E-state index in [1.54, 1.807) is 14.0 Å². The maximum Gasteiger partial charge on any atom is 0.344 e. The predicted octanol–water partition coefficient (Wildman–Crippen LogP) is 8.73. The highest BCUT2D eigenvalue weighted by molar-refractivity contribution is 5.92. The third-order valence-corrected chi connectivity index (χ3v) is 6.84. The molecule has 3 nitrogen and oxygen atoms in total. The Morgan fingerprint density at radius 2 is 1.49 bits per heavy atom. The van der Waals surface area contributed by atoms with E-state index < -0.39 is 11.7 Å². The normalized spacial score (nSPS) is 13.6. The van der Waals surface area contributed by atoms with Crippen LogP contribution in [0.5, 0.6) is 0 Å². The Morgan fingerprint density at radius 1 is 0.857 bits per heavy atom. The predicted molar refractivity (Wildman–Crippen MR) is 147 cm³/mol. The molecule has 0 aliphatic carbocycles. The van der Waals surface area contributed by atoms with Gasteiger partial charge in [0.15, 0.2) is 11.7 Å². The fourth-order valence-electron chi connectivity index (χ4n) is 4.46. The molecule has 192 valence electrons. The SMILES string of the molecule is CCCCCCCC#C[C@@H](CCCCCCCC)OC(=O)[C@@](C)(OC)c1cccc2ccccc12. The number of methoxy groups -OCH3 is 1. The summed E-state index contributed by atoms with van der Waals surface area (Å²) in [4.78, 5) is 13.5. The summed E-state index contributed by atoms with van der Waals surface area (Å²) in [6.07, 6.45) is 14.6. The number of fused-ring (bicyclic) bond motifs is 1. The molecule has 2 atom stereocenters. The Kier molecular flexibility index (Phi) is 13.5. The van der Waals surface area contributed by atoms with Crippen molar-refractivity contribution in [1.29, 1.82) is 0 Å². The Morgan fingerprint density at radius 3 is 2.20 bits per heavy atom. The summed E-state index contributed by atoms with van der Waals surface area (Å²) in [7, 11) is 1.58. The molecule has 0 aliphatic rings. The number of carbonyl (C=O) groups is 1. The maximum absolute atomic E-state index is 13.5. The van der Waals surface area contributed by atoms with Gasteiger partial charge < -0.3 is 9.47 Å². The van der Waals surface area contributed by atoms with Crippen LogP contribution < -0.4 is 0 Å². The van der Waals surface area contributed by atoms with Crippen LogP contribution in [0, 0.1) is 11.8 Å².